The Morgan fingerprint density at radius 3 is 2.89 bits per heavy atom. The number of benzene rings is 1. The van der Waals surface area contributed by atoms with Crippen LogP contribution < -0.4 is 4.74 Å². The number of nitrogens with zero attached hydrogens (tertiary/aromatic N) is 3. The first-order valence-electron chi connectivity index (χ1n) is 6.05. The molecule has 0 bridgehead atoms. The Morgan fingerprint density at radius 2 is 2.21 bits per heavy atom. The quantitative estimate of drug-likeness (QED) is 0.807. The fraction of sp³-hybridized carbons (Fsp3) is 0.385. The molecule has 0 N–H and O–H groups in total. The van der Waals surface area contributed by atoms with Crippen LogP contribution in [0.5, 0.6) is 5.75 Å². The second kappa shape index (κ2) is 6.26. The molecule has 0 saturated carbocycles. The molecule has 0 radical (unpaired) electrons. The van der Waals surface area contributed by atoms with Gasteiger partial charge in [-0.2, -0.15) is 5.10 Å². The number of aromatic nitrogens is 3. The van der Waals surface area contributed by atoms with Crippen molar-refractivity contribution in [3.63, 3.8) is 0 Å². The minimum atomic E-state index is -0.677. The summed E-state index contributed by atoms with van der Waals surface area (Å²) in [7, 11) is 0. The molecule has 4 nitrogen and oxygen atoms in total. The van der Waals surface area contributed by atoms with Gasteiger partial charge in [-0.25, -0.2) is 13.8 Å². The first-order chi connectivity index (χ1) is 9.15. The van der Waals surface area contributed by atoms with Crippen LogP contribution in [0.4, 0.5) is 8.78 Å². The molecule has 0 amide bonds. The third-order valence-corrected chi connectivity index (χ3v) is 2.73. The molecule has 0 fully saturated rings. The van der Waals surface area contributed by atoms with Gasteiger partial charge in [0.2, 0.25) is 0 Å². The van der Waals surface area contributed by atoms with Gasteiger partial charge >= 0.3 is 0 Å². The lowest BCUT2D eigenvalue weighted by Crippen LogP contribution is -2.12. The number of aryl methyl sites for hydroxylation is 1. The first-order valence-corrected chi connectivity index (χ1v) is 6.05. The molecule has 0 aliphatic carbocycles. The van der Waals surface area contributed by atoms with E-state index in [0.29, 0.717) is 6.61 Å². The van der Waals surface area contributed by atoms with Crippen molar-refractivity contribution in [2.45, 2.75) is 19.9 Å². The van der Waals surface area contributed by atoms with E-state index in [9.17, 15) is 8.78 Å². The average molecular weight is 267 g/mol. The molecular weight excluding hydrogens is 252 g/mol. The molecule has 1 aromatic carbocycles. The average Bonchev–Trinajstić information content (AvgIpc) is 2.88. The van der Waals surface area contributed by atoms with Gasteiger partial charge < -0.3 is 4.74 Å². The predicted octanol–water partition coefficient (Wildman–Crippen LogP) is 2.66. The molecule has 6 heteroatoms. The summed E-state index contributed by atoms with van der Waals surface area (Å²) in [4.78, 5) is 3.85. The summed E-state index contributed by atoms with van der Waals surface area (Å²) in [5.41, 5.74) is 0. The molecule has 0 spiro atoms. The van der Waals surface area contributed by atoms with E-state index in [1.807, 2.05) is 6.92 Å². The number of hydrogen-bond donors (Lipinski definition) is 0. The Bertz CT molecular complexity index is 517. The van der Waals surface area contributed by atoms with Crippen molar-refractivity contribution >= 4 is 0 Å². The second-order valence-corrected chi connectivity index (χ2v) is 4.44. The van der Waals surface area contributed by atoms with E-state index in [4.69, 9.17) is 4.74 Å². The van der Waals surface area contributed by atoms with Gasteiger partial charge in [0.15, 0.2) is 11.6 Å². The smallest absolute Gasteiger partial charge is 0.167 e. The summed E-state index contributed by atoms with van der Waals surface area (Å²) in [5, 5.41) is 3.99. The van der Waals surface area contributed by atoms with E-state index >= 15 is 0 Å². The van der Waals surface area contributed by atoms with Crippen LogP contribution in [0.3, 0.4) is 0 Å². The van der Waals surface area contributed by atoms with Crippen LogP contribution in [0.2, 0.25) is 0 Å². The van der Waals surface area contributed by atoms with Crippen LogP contribution in [-0.2, 0) is 6.54 Å². The normalized spacial score (nSPS) is 12.4. The Hall–Kier alpha value is -1.98. The van der Waals surface area contributed by atoms with Gasteiger partial charge in [0.25, 0.3) is 0 Å². The molecule has 2 rings (SSSR count). The molecular formula is C13H15F2N3O. The largest absolute Gasteiger partial charge is 0.490 e. The van der Waals surface area contributed by atoms with E-state index in [1.165, 1.54) is 18.5 Å². The zero-order valence-electron chi connectivity index (χ0n) is 10.6. The number of halogens is 2. The highest BCUT2D eigenvalue weighted by Gasteiger charge is 2.08. The topological polar surface area (TPSA) is 39.9 Å². The molecule has 1 aromatic heterocycles. The highest BCUT2D eigenvalue weighted by molar-refractivity contribution is 5.24. The Balaban J connectivity index is 1.78. The van der Waals surface area contributed by atoms with Crippen LogP contribution in [0.25, 0.3) is 0 Å². The number of rotatable bonds is 6. The van der Waals surface area contributed by atoms with Crippen LogP contribution in [0.1, 0.15) is 13.3 Å². The molecule has 19 heavy (non-hydrogen) atoms. The minimum Gasteiger partial charge on any atom is -0.490 e. The summed E-state index contributed by atoms with van der Waals surface area (Å²) in [5.74, 6) is -0.977. The standard InChI is InChI=1S/C13H15F2N3O/c1-10(4-5-18-9-16-8-17-18)7-19-13-3-2-11(14)6-12(13)15/h2-3,6,8-10H,4-5,7H2,1H3/t10-/m1/s1. The zero-order chi connectivity index (χ0) is 13.7. The van der Waals surface area contributed by atoms with E-state index in [2.05, 4.69) is 10.1 Å². The summed E-state index contributed by atoms with van der Waals surface area (Å²) in [6.45, 7) is 3.10. The zero-order valence-corrected chi connectivity index (χ0v) is 10.6. The van der Waals surface area contributed by atoms with Crippen molar-refractivity contribution in [2.24, 2.45) is 5.92 Å². The summed E-state index contributed by atoms with van der Waals surface area (Å²) < 4.78 is 33.1. The van der Waals surface area contributed by atoms with Crippen LogP contribution in [0.15, 0.2) is 30.9 Å². The molecule has 0 aliphatic rings. The number of hydrogen-bond acceptors (Lipinski definition) is 3. The monoisotopic (exact) mass is 267 g/mol. The van der Waals surface area contributed by atoms with Crippen molar-refractivity contribution in [1.29, 1.82) is 0 Å². The van der Waals surface area contributed by atoms with Gasteiger partial charge in [0.1, 0.15) is 18.5 Å². The SMILES string of the molecule is C[C@H](CCn1cncn1)COc1ccc(F)cc1F. The highest BCUT2D eigenvalue weighted by atomic mass is 19.1. The molecule has 1 atom stereocenters. The van der Waals surface area contributed by atoms with Crippen molar-refractivity contribution < 1.29 is 13.5 Å². The van der Waals surface area contributed by atoms with Crippen molar-refractivity contribution in [3.8, 4) is 5.75 Å². The fourth-order valence-corrected chi connectivity index (χ4v) is 1.61. The lowest BCUT2D eigenvalue weighted by Gasteiger charge is -2.13. The Labute approximate surface area is 110 Å². The Kier molecular flexibility index (Phi) is 4.43. The van der Waals surface area contributed by atoms with Crippen LogP contribution >= 0.6 is 0 Å². The lowest BCUT2D eigenvalue weighted by atomic mass is 10.1. The minimum absolute atomic E-state index is 0.0778. The van der Waals surface area contributed by atoms with Crippen LogP contribution in [-0.4, -0.2) is 21.4 Å². The molecule has 1 heterocycles. The molecule has 2 aromatic rings. The lowest BCUT2D eigenvalue weighted by molar-refractivity contribution is 0.235. The third-order valence-electron chi connectivity index (χ3n) is 2.73. The van der Waals surface area contributed by atoms with Gasteiger partial charge in [-0.15, -0.1) is 0 Å². The van der Waals surface area contributed by atoms with Gasteiger partial charge in [-0.05, 0) is 24.5 Å². The predicted molar refractivity (Wildman–Crippen MR) is 65.7 cm³/mol. The van der Waals surface area contributed by atoms with Crippen LogP contribution in [0, 0.1) is 17.6 Å². The van der Waals surface area contributed by atoms with Crippen molar-refractivity contribution in [2.75, 3.05) is 6.61 Å². The maximum absolute atomic E-state index is 13.3. The molecule has 0 unspecified atom stereocenters. The molecule has 0 aliphatic heterocycles. The van der Waals surface area contributed by atoms with Gasteiger partial charge in [0.05, 0.1) is 6.61 Å². The summed E-state index contributed by atoms with van der Waals surface area (Å²) in [6.07, 6.45) is 3.97. The van der Waals surface area contributed by atoms with E-state index in [-0.39, 0.29) is 11.7 Å². The van der Waals surface area contributed by atoms with Crippen molar-refractivity contribution in [3.05, 3.63) is 42.5 Å². The highest BCUT2D eigenvalue weighted by Crippen LogP contribution is 2.18. The second-order valence-electron chi connectivity index (χ2n) is 4.44. The number of ether oxygens (including phenoxy) is 1. The maximum atomic E-state index is 13.3. The fourth-order valence-electron chi connectivity index (χ4n) is 1.61. The van der Waals surface area contributed by atoms with Gasteiger partial charge in [0, 0.05) is 12.6 Å². The molecule has 0 saturated heterocycles. The Morgan fingerprint density at radius 1 is 1.37 bits per heavy atom. The van der Waals surface area contributed by atoms with E-state index in [1.54, 1.807) is 11.0 Å². The van der Waals surface area contributed by atoms with E-state index < -0.39 is 11.6 Å². The van der Waals surface area contributed by atoms with Gasteiger partial charge in [-0.1, -0.05) is 6.92 Å². The third kappa shape index (κ3) is 4.01. The summed E-state index contributed by atoms with van der Waals surface area (Å²) in [6, 6.07) is 3.29. The summed E-state index contributed by atoms with van der Waals surface area (Å²) >= 11 is 0. The maximum Gasteiger partial charge on any atom is 0.167 e. The van der Waals surface area contributed by atoms with Crippen molar-refractivity contribution in [1.82, 2.24) is 14.8 Å². The first kappa shape index (κ1) is 13.5. The van der Waals surface area contributed by atoms with Gasteiger partial charge in [-0.3, -0.25) is 4.68 Å². The molecule has 102 valence electrons. The van der Waals surface area contributed by atoms with E-state index in [0.717, 1.165) is 19.0 Å².